The van der Waals surface area contributed by atoms with Gasteiger partial charge in [-0.05, 0) is 33.5 Å². The van der Waals surface area contributed by atoms with Gasteiger partial charge in [0.05, 0.1) is 5.92 Å². The van der Waals surface area contributed by atoms with Crippen LogP contribution in [0.25, 0.3) is 10.8 Å². The minimum absolute atomic E-state index is 0.202. The largest absolute Gasteiger partial charge is 0.339 e. The van der Waals surface area contributed by atoms with Crippen LogP contribution in [0.3, 0.4) is 0 Å². The number of hydrogen-bond acceptors (Lipinski definition) is 2. The van der Waals surface area contributed by atoms with Crippen molar-refractivity contribution in [1.29, 1.82) is 0 Å². The second-order valence-electron chi connectivity index (χ2n) is 8.54. The van der Waals surface area contributed by atoms with Crippen molar-refractivity contribution in [3.8, 4) is 0 Å². The Morgan fingerprint density at radius 3 is 1.84 bits per heavy atom. The normalized spacial score (nSPS) is 14.7. The molecule has 0 unspecified atom stereocenters. The third-order valence-electron chi connectivity index (χ3n) is 6.42. The predicted octanol–water partition coefficient (Wildman–Crippen LogP) is 5.32. The zero-order chi connectivity index (χ0) is 21.8. The topological polar surface area (TPSA) is 23.6 Å². The van der Waals surface area contributed by atoms with Crippen molar-refractivity contribution < 1.29 is 4.79 Å². The molecule has 0 spiro atoms. The minimum Gasteiger partial charge on any atom is -0.339 e. The Morgan fingerprint density at radius 1 is 0.656 bits per heavy atom. The van der Waals surface area contributed by atoms with E-state index in [0.29, 0.717) is 0 Å². The van der Waals surface area contributed by atoms with Crippen molar-refractivity contribution in [3.63, 3.8) is 0 Å². The van der Waals surface area contributed by atoms with E-state index >= 15 is 0 Å². The van der Waals surface area contributed by atoms with E-state index in [2.05, 4.69) is 71.6 Å². The first-order valence-corrected chi connectivity index (χ1v) is 11.4. The lowest BCUT2D eigenvalue weighted by molar-refractivity contribution is -0.133. The van der Waals surface area contributed by atoms with Crippen molar-refractivity contribution >= 4 is 16.7 Å². The van der Waals surface area contributed by atoms with Gasteiger partial charge in [-0.1, -0.05) is 97.1 Å². The van der Waals surface area contributed by atoms with Crippen LogP contribution in [0, 0.1) is 0 Å². The maximum Gasteiger partial charge on any atom is 0.234 e. The maximum atomic E-state index is 13.6. The van der Waals surface area contributed by atoms with Crippen molar-refractivity contribution in [1.82, 2.24) is 9.80 Å². The standard InChI is InChI=1S/C29H28N2O/c32-29(28(25-10-3-1-4-11-25)26-12-5-2-6-13-26)31-19-17-30(18-20-31)22-23-15-16-24-9-7-8-14-27(24)21-23/h1-16,21,28H,17-20,22H2. The van der Waals surface area contributed by atoms with Crippen molar-refractivity contribution in [2.45, 2.75) is 12.5 Å². The van der Waals surface area contributed by atoms with E-state index in [1.807, 2.05) is 41.3 Å². The molecule has 0 N–H and O–H groups in total. The third kappa shape index (κ3) is 4.44. The van der Waals surface area contributed by atoms with E-state index < -0.39 is 0 Å². The lowest BCUT2D eigenvalue weighted by atomic mass is 9.90. The minimum atomic E-state index is -0.246. The SMILES string of the molecule is O=C(C(c1ccccc1)c1ccccc1)N1CCN(Cc2ccc3ccccc3c2)CC1. The molecule has 1 heterocycles. The van der Waals surface area contributed by atoms with Gasteiger partial charge >= 0.3 is 0 Å². The summed E-state index contributed by atoms with van der Waals surface area (Å²) in [6.07, 6.45) is 0. The fourth-order valence-electron chi connectivity index (χ4n) is 4.67. The van der Waals surface area contributed by atoms with Gasteiger partial charge in [0.1, 0.15) is 0 Å². The van der Waals surface area contributed by atoms with E-state index in [-0.39, 0.29) is 11.8 Å². The van der Waals surface area contributed by atoms with E-state index in [4.69, 9.17) is 0 Å². The molecule has 0 aromatic heterocycles. The molecule has 1 saturated heterocycles. The van der Waals surface area contributed by atoms with Gasteiger partial charge in [0.15, 0.2) is 0 Å². The van der Waals surface area contributed by atoms with Crippen molar-refractivity contribution in [2.75, 3.05) is 26.2 Å². The fraction of sp³-hybridized carbons (Fsp3) is 0.207. The molecule has 160 valence electrons. The van der Waals surface area contributed by atoms with Gasteiger partial charge in [0.2, 0.25) is 5.91 Å². The highest BCUT2D eigenvalue weighted by Crippen LogP contribution is 2.27. The van der Waals surface area contributed by atoms with Gasteiger partial charge in [0.25, 0.3) is 0 Å². The monoisotopic (exact) mass is 420 g/mol. The molecule has 4 aromatic rings. The number of nitrogens with zero attached hydrogens (tertiary/aromatic N) is 2. The number of amides is 1. The van der Waals surface area contributed by atoms with Crippen LogP contribution in [-0.2, 0) is 11.3 Å². The molecule has 3 heteroatoms. The average Bonchev–Trinajstić information content (AvgIpc) is 2.86. The molecule has 1 aliphatic heterocycles. The Kier molecular flexibility index (Phi) is 6.00. The second-order valence-corrected chi connectivity index (χ2v) is 8.54. The Labute approximate surface area is 189 Å². The molecule has 32 heavy (non-hydrogen) atoms. The number of hydrogen-bond donors (Lipinski definition) is 0. The first kappa shape index (κ1) is 20.5. The number of rotatable bonds is 5. The van der Waals surface area contributed by atoms with Crippen LogP contribution in [0.5, 0.6) is 0 Å². The molecule has 1 aliphatic rings. The molecular formula is C29H28N2O. The molecule has 4 aromatic carbocycles. The molecule has 1 amide bonds. The predicted molar refractivity (Wildman–Crippen MR) is 131 cm³/mol. The summed E-state index contributed by atoms with van der Waals surface area (Å²) in [6, 6.07) is 35.5. The molecule has 3 nitrogen and oxygen atoms in total. The average molecular weight is 421 g/mol. The molecule has 0 aliphatic carbocycles. The lowest BCUT2D eigenvalue weighted by Gasteiger charge is -2.36. The van der Waals surface area contributed by atoms with E-state index in [1.165, 1.54) is 16.3 Å². The highest BCUT2D eigenvalue weighted by atomic mass is 16.2. The summed E-state index contributed by atoms with van der Waals surface area (Å²) in [5, 5.41) is 2.56. The van der Waals surface area contributed by atoms with Crippen LogP contribution in [0.4, 0.5) is 0 Å². The summed E-state index contributed by atoms with van der Waals surface area (Å²) in [5.74, 6) is -0.0443. The lowest BCUT2D eigenvalue weighted by Crippen LogP contribution is -2.49. The van der Waals surface area contributed by atoms with E-state index in [0.717, 1.165) is 43.9 Å². The number of carbonyl (C=O) groups is 1. The second kappa shape index (κ2) is 9.37. The summed E-state index contributed by atoms with van der Waals surface area (Å²) < 4.78 is 0. The molecule has 5 rings (SSSR count). The molecule has 0 radical (unpaired) electrons. The van der Waals surface area contributed by atoms with Crippen LogP contribution in [0.1, 0.15) is 22.6 Å². The molecular weight excluding hydrogens is 392 g/mol. The zero-order valence-corrected chi connectivity index (χ0v) is 18.2. The van der Waals surface area contributed by atoms with Crippen LogP contribution in [0.2, 0.25) is 0 Å². The van der Waals surface area contributed by atoms with Crippen molar-refractivity contribution in [3.05, 3.63) is 120 Å². The first-order chi connectivity index (χ1) is 15.8. The quantitative estimate of drug-likeness (QED) is 0.436. The van der Waals surface area contributed by atoms with Crippen LogP contribution >= 0.6 is 0 Å². The molecule has 0 saturated carbocycles. The Morgan fingerprint density at radius 2 is 1.22 bits per heavy atom. The van der Waals surface area contributed by atoms with Gasteiger partial charge in [-0.3, -0.25) is 9.69 Å². The van der Waals surface area contributed by atoms with Gasteiger partial charge in [-0.25, -0.2) is 0 Å². The first-order valence-electron chi connectivity index (χ1n) is 11.4. The van der Waals surface area contributed by atoms with Gasteiger partial charge in [-0.15, -0.1) is 0 Å². The number of piperazine rings is 1. The van der Waals surface area contributed by atoms with Crippen LogP contribution in [-0.4, -0.2) is 41.9 Å². The maximum absolute atomic E-state index is 13.6. The van der Waals surface area contributed by atoms with Crippen LogP contribution < -0.4 is 0 Å². The number of fused-ring (bicyclic) bond motifs is 1. The van der Waals surface area contributed by atoms with Gasteiger partial charge < -0.3 is 4.90 Å². The van der Waals surface area contributed by atoms with E-state index in [1.54, 1.807) is 0 Å². The fourth-order valence-corrected chi connectivity index (χ4v) is 4.67. The Balaban J connectivity index is 1.27. The Hall–Kier alpha value is -3.43. The smallest absolute Gasteiger partial charge is 0.234 e. The van der Waals surface area contributed by atoms with Crippen LogP contribution in [0.15, 0.2) is 103 Å². The highest BCUT2D eigenvalue weighted by Gasteiger charge is 2.29. The van der Waals surface area contributed by atoms with Gasteiger partial charge in [-0.2, -0.15) is 0 Å². The zero-order valence-electron chi connectivity index (χ0n) is 18.2. The molecule has 1 fully saturated rings. The third-order valence-corrected chi connectivity index (χ3v) is 6.42. The summed E-state index contributed by atoms with van der Waals surface area (Å²) in [7, 11) is 0. The highest BCUT2D eigenvalue weighted by molar-refractivity contribution is 5.87. The summed E-state index contributed by atoms with van der Waals surface area (Å²) in [4.78, 5) is 18.1. The summed E-state index contributed by atoms with van der Waals surface area (Å²) in [6.45, 7) is 4.25. The summed E-state index contributed by atoms with van der Waals surface area (Å²) >= 11 is 0. The van der Waals surface area contributed by atoms with Gasteiger partial charge in [0, 0.05) is 32.7 Å². The summed E-state index contributed by atoms with van der Waals surface area (Å²) in [5.41, 5.74) is 3.44. The number of benzene rings is 4. The molecule has 0 atom stereocenters. The van der Waals surface area contributed by atoms with E-state index in [9.17, 15) is 4.79 Å². The van der Waals surface area contributed by atoms with Crippen molar-refractivity contribution in [2.24, 2.45) is 0 Å². The Bertz CT molecular complexity index is 1140. The molecule has 0 bridgehead atoms. The number of carbonyl (C=O) groups excluding carboxylic acids is 1.